The standard InChI is InChI=1S/C61H104O6/c1-4-7-10-13-16-19-22-25-27-29-31-33-36-39-42-45-48-51-54-60(63)66-57-58(56-65-59(62)53-50-47-44-41-38-35-24-21-18-15-12-9-6-3)67-61(64)55-52-49-46-43-40-37-34-32-30-28-26-23-20-17-14-11-8-5-2/h9,12,15,18,21,24,27,29,31,33,35,38,41,44,58H,4-8,10-11,13-14,16-17,19-20,22-23,25-26,28,30,32,34,36-37,39-40,42-43,45-57H2,1-3H3/b12-9-,18-15-,24-21-,29-27-,33-31-,38-35-,44-41-. The summed E-state index contributed by atoms with van der Waals surface area (Å²) >= 11 is 0. The first-order chi connectivity index (χ1) is 33.0. The predicted octanol–water partition coefficient (Wildman–Crippen LogP) is 18.8. The van der Waals surface area contributed by atoms with Gasteiger partial charge in [0.25, 0.3) is 0 Å². The minimum absolute atomic E-state index is 0.106. The molecule has 384 valence electrons. The fourth-order valence-electron chi connectivity index (χ4n) is 7.82. The number of hydrogen-bond acceptors (Lipinski definition) is 6. The highest BCUT2D eigenvalue weighted by atomic mass is 16.6. The molecule has 0 rings (SSSR count). The Bertz CT molecular complexity index is 1300. The van der Waals surface area contributed by atoms with Crippen LogP contribution in [-0.2, 0) is 28.6 Å². The van der Waals surface area contributed by atoms with E-state index in [0.29, 0.717) is 19.3 Å². The van der Waals surface area contributed by atoms with Gasteiger partial charge in [0.15, 0.2) is 6.10 Å². The largest absolute Gasteiger partial charge is 0.462 e. The van der Waals surface area contributed by atoms with E-state index in [1.807, 2.05) is 54.7 Å². The van der Waals surface area contributed by atoms with Crippen LogP contribution in [0, 0.1) is 0 Å². The summed E-state index contributed by atoms with van der Waals surface area (Å²) < 4.78 is 16.8. The molecule has 0 saturated carbocycles. The van der Waals surface area contributed by atoms with E-state index >= 15 is 0 Å². The van der Waals surface area contributed by atoms with Crippen LogP contribution in [0.4, 0.5) is 0 Å². The second kappa shape index (κ2) is 55.2. The highest BCUT2D eigenvalue weighted by molar-refractivity contribution is 5.71. The van der Waals surface area contributed by atoms with Gasteiger partial charge in [-0.2, -0.15) is 0 Å². The Labute approximate surface area is 414 Å². The van der Waals surface area contributed by atoms with Gasteiger partial charge in [0.05, 0.1) is 0 Å². The molecule has 6 nitrogen and oxygen atoms in total. The summed E-state index contributed by atoms with van der Waals surface area (Å²) in [5.74, 6) is -0.989. The molecule has 0 amide bonds. The molecule has 0 fully saturated rings. The topological polar surface area (TPSA) is 78.9 Å². The molecule has 0 spiro atoms. The molecule has 0 bridgehead atoms. The third kappa shape index (κ3) is 53.4. The zero-order valence-electron chi connectivity index (χ0n) is 43.9. The van der Waals surface area contributed by atoms with Crippen molar-refractivity contribution in [3.05, 3.63) is 85.1 Å². The first kappa shape index (κ1) is 63.6. The molecule has 1 atom stereocenters. The SMILES string of the molecule is CC\C=C/C=C\C=C/C=C\C=C/CCCC(=O)OCC(COC(=O)CCCCCCC/C=C\C=C/CCCCCCCCC)OC(=O)CCCCCCCCCCCCCCCCCCCC. The van der Waals surface area contributed by atoms with Gasteiger partial charge in [0, 0.05) is 19.3 Å². The molecule has 67 heavy (non-hydrogen) atoms. The maximum Gasteiger partial charge on any atom is 0.306 e. The van der Waals surface area contributed by atoms with E-state index in [-0.39, 0.29) is 37.5 Å². The summed E-state index contributed by atoms with van der Waals surface area (Å²) in [4.78, 5) is 38.1. The van der Waals surface area contributed by atoms with Crippen molar-refractivity contribution in [1.82, 2.24) is 0 Å². The van der Waals surface area contributed by atoms with E-state index in [2.05, 4.69) is 51.2 Å². The van der Waals surface area contributed by atoms with Gasteiger partial charge in [-0.1, -0.05) is 273 Å². The lowest BCUT2D eigenvalue weighted by atomic mass is 10.0. The number of carbonyl (C=O) groups excluding carboxylic acids is 3. The van der Waals surface area contributed by atoms with Crippen molar-refractivity contribution in [1.29, 1.82) is 0 Å². The molecule has 0 N–H and O–H groups in total. The van der Waals surface area contributed by atoms with Gasteiger partial charge >= 0.3 is 17.9 Å². The number of carbonyl (C=O) groups is 3. The van der Waals surface area contributed by atoms with Crippen molar-refractivity contribution < 1.29 is 28.6 Å². The van der Waals surface area contributed by atoms with Gasteiger partial charge in [-0.15, -0.1) is 0 Å². The van der Waals surface area contributed by atoms with Gasteiger partial charge in [-0.05, 0) is 57.8 Å². The van der Waals surface area contributed by atoms with Gasteiger partial charge in [0.1, 0.15) is 13.2 Å². The van der Waals surface area contributed by atoms with E-state index in [9.17, 15) is 14.4 Å². The van der Waals surface area contributed by atoms with E-state index < -0.39 is 6.10 Å². The highest BCUT2D eigenvalue weighted by Crippen LogP contribution is 2.16. The van der Waals surface area contributed by atoms with Crippen LogP contribution in [0.5, 0.6) is 0 Å². The summed E-state index contributed by atoms with van der Waals surface area (Å²) in [6, 6.07) is 0. The minimum atomic E-state index is -0.810. The fraction of sp³-hybridized carbons (Fsp3) is 0.721. The van der Waals surface area contributed by atoms with Crippen LogP contribution in [0.3, 0.4) is 0 Å². The Kier molecular flexibility index (Phi) is 52.4. The van der Waals surface area contributed by atoms with Crippen LogP contribution < -0.4 is 0 Å². The van der Waals surface area contributed by atoms with E-state index in [1.54, 1.807) is 0 Å². The van der Waals surface area contributed by atoms with Gasteiger partial charge in [-0.25, -0.2) is 0 Å². The second-order valence-corrected chi connectivity index (χ2v) is 18.6. The van der Waals surface area contributed by atoms with E-state index in [1.165, 1.54) is 148 Å². The number of esters is 3. The van der Waals surface area contributed by atoms with Crippen molar-refractivity contribution in [2.75, 3.05) is 13.2 Å². The molecule has 0 aromatic carbocycles. The lowest BCUT2D eigenvalue weighted by molar-refractivity contribution is -0.167. The number of ether oxygens (including phenoxy) is 3. The van der Waals surface area contributed by atoms with Crippen LogP contribution in [0.1, 0.15) is 265 Å². The summed E-state index contributed by atoms with van der Waals surface area (Å²) in [5.41, 5.74) is 0. The second-order valence-electron chi connectivity index (χ2n) is 18.6. The third-order valence-corrected chi connectivity index (χ3v) is 12.0. The third-order valence-electron chi connectivity index (χ3n) is 12.0. The smallest absolute Gasteiger partial charge is 0.306 e. The van der Waals surface area contributed by atoms with Crippen molar-refractivity contribution in [2.45, 2.75) is 271 Å². The molecular formula is C61H104O6. The molecular weight excluding hydrogens is 829 g/mol. The Hall–Kier alpha value is -3.41. The zero-order chi connectivity index (χ0) is 48.6. The van der Waals surface area contributed by atoms with Crippen LogP contribution in [0.2, 0.25) is 0 Å². The quantitative estimate of drug-likeness (QED) is 0.0262. The molecule has 6 heteroatoms. The normalized spacial score (nSPS) is 12.7. The molecule has 0 heterocycles. The van der Waals surface area contributed by atoms with Crippen LogP contribution in [0.25, 0.3) is 0 Å². The Balaban J connectivity index is 4.45. The lowest BCUT2D eigenvalue weighted by Gasteiger charge is -2.18. The molecule has 0 aliphatic carbocycles. The number of unbranched alkanes of at least 4 members (excludes halogenated alkanes) is 30. The van der Waals surface area contributed by atoms with Crippen molar-refractivity contribution in [3.63, 3.8) is 0 Å². The molecule has 0 radical (unpaired) electrons. The molecule has 0 saturated heterocycles. The van der Waals surface area contributed by atoms with Crippen molar-refractivity contribution >= 4 is 17.9 Å². The maximum absolute atomic E-state index is 12.8. The molecule has 1 unspecified atom stereocenters. The first-order valence-corrected chi connectivity index (χ1v) is 28.2. The zero-order valence-corrected chi connectivity index (χ0v) is 43.9. The maximum atomic E-state index is 12.8. The first-order valence-electron chi connectivity index (χ1n) is 28.2. The molecule has 0 aromatic rings. The summed E-state index contributed by atoms with van der Waals surface area (Å²) in [5, 5.41) is 0. The van der Waals surface area contributed by atoms with E-state index in [4.69, 9.17) is 14.2 Å². The van der Waals surface area contributed by atoms with Crippen LogP contribution in [-0.4, -0.2) is 37.2 Å². The Morgan fingerprint density at radius 1 is 0.313 bits per heavy atom. The average Bonchev–Trinajstić information content (AvgIpc) is 3.33. The summed E-state index contributed by atoms with van der Waals surface area (Å²) in [7, 11) is 0. The van der Waals surface area contributed by atoms with Crippen molar-refractivity contribution in [3.8, 4) is 0 Å². The summed E-state index contributed by atoms with van der Waals surface area (Å²) in [6.07, 6.45) is 71.6. The molecule has 0 aromatic heterocycles. The van der Waals surface area contributed by atoms with Crippen LogP contribution in [0.15, 0.2) is 85.1 Å². The Morgan fingerprint density at radius 2 is 0.597 bits per heavy atom. The summed E-state index contributed by atoms with van der Waals surface area (Å²) in [6.45, 7) is 6.43. The Morgan fingerprint density at radius 3 is 0.985 bits per heavy atom. The number of allylic oxidation sites excluding steroid dienone is 14. The average molecular weight is 933 g/mol. The van der Waals surface area contributed by atoms with Gasteiger partial charge in [-0.3, -0.25) is 14.4 Å². The monoisotopic (exact) mass is 933 g/mol. The predicted molar refractivity (Wildman–Crippen MR) is 288 cm³/mol. The van der Waals surface area contributed by atoms with Crippen LogP contribution >= 0.6 is 0 Å². The molecule has 0 aliphatic rings. The van der Waals surface area contributed by atoms with E-state index in [0.717, 1.165) is 70.6 Å². The minimum Gasteiger partial charge on any atom is -0.462 e. The van der Waals surface area contributed by atoms with Gasteiger partial charge < -0.3 is 14.2 Å². The van der Waals surface area contributed by atoms with Crippen molar-refractivity contribution in [2.24, 2.45) is 0 Å². The number of hydrogen-bond donors (Lipinski definition) is 0. The molecule has 0 aliphatic heterocycles. The lowest BCUT2D eigenvalue weighted by Crippen LogP contribution is -2.30. The van der Waals surface area contributed by atoms with Gasteiger partial charge in [0.2, 0.25) is 0 Å². The fourth-order valence-corrected chi connectivity index (χ4v) is 7.82. The number of rotatable bonds is 50. The highest BCUT2D eigenvalue weighted by Gasteiger charge is 2.19.